The third kappa shape index (κ3) is 4.40. The number of anilines is 1. The third-order valence-corrected chi connectivity index (χ3v) is 5.28. The number of aromatic nitrogens is 3. The van der Waals surface area contributed by atoms with E-state index in [1.54, 1.807) is 0 Å². The van der Waals surface area contributed by atoms with E-state index in [1.165, 1.54) is 11.3 Å². The minimum atomic E-state index is -0.544. The average molecular weight is 385 g/mol. The number of thiazole rings is 1. The summed E-state index contributed by atoms with van der Waals surface area (Å²) in [6, 6.07) is 9.06. The summed E-state index contributed by atoms with van der Waals surface area (Å²) in [6.45, 7) is 6.10. The van der Waals surface area contributed by atoms with Crippen molar-refractivity contribution in [1.29, 1.82) is 0 Å². The minimum Gasteiger partial charge on any atom is -0.332 e. The maximum atomic E-state index is 12.2. The molecule has 0 saturated carbocycles. The van der Waals surface area contributed by atoms with E-state index in [1.807, 2.05) is 37.3 Å². The molecule has 1 atom stereocenters. The lowest BCUT2D eigenvalue weighted by Gasteiger charge is -2.08. The Morgan fingerprint density at radius 1 is 1.26 bits per heavy atom. The number of hydrogen-bond donors (Lipinski definition) is 2. The first-order valence-electron chi connectivity index (χ1n) is 8.96. The van der Waals surface area contributed by atoms with Gasteiger partial charge in [-0.3, -0.25) is 4.79 Å². The maximum Gasteiger partial charge on any atom is 0.278 e. The lowest BCUT2D eigenvalue weighted by Crippen LogP contribution is -2.35. The summed E-state index contributed by atoms with van der Waals surface area (Å²) in [6.07, 6.45) is 1.48. The Hall–Kier alpha value is -2.58. The summed E-state index contributed by atoms with van der Waals surface area (Å²) in [5.41, 5.74) is 7.35. The highest BCUT2D eigenvalue weighted by atomic mass is 32.1. The van der Waals surface area contributed by atoms with Crippen molar-refractivity contribution in [3.05, 3.63) is 35.2 Å². The van der Waals surface area contributed by atoms with Crippen molar-refractivity contribution in [2.45, 2.75) is 45.6 Å². The van der Waals surface area contributed by atoms with Crippen LogP contribution < -0.4 is 11.1 Å². The second-order valence-corrected chi connectivity index (χ2v) is 7.59. The van der Waals surface area contributed by atoms with Gasteiger partial charge < -0.3 is 15.6 Å². The van der Waals surface area contributed by atoms with Gasteiger partial charge in [-0.2, -0.15) is 4.98 Å². The number of carbonyl (C=O) groups is 1. The highest BCUT2D eigenvalue weighted by molar-refractivity contribution is 7.16. The molecule has 0 fully saturated rings. The highest BCUT2D eigenvalue weighted by Crippen LogP contribution is 2.36. The van der Waals surface area contributed by atoms with E-state index in [9.17, 15) is 4.79 Å². The zero-order chi connectivity index (χ0) is 19.4. The molecule has 0 radical (unpaired) electrons. The molecule has 3 N–H and O–H groups in total. The SMILES string of the molecule is CCC[C@H](N)C(=O)Nc1nc(-c2nc(-c3ccccc3)no2)c(C(C)C)s1. The molecule has 142 valence electrons. The van der Waals surface area contributed by atoms with Crippen LogP contribution in [0.1, 0.15) is 44.4 Å². The van der Waals surface area contributed by atoms with E-state index < -0.39 is 6.04 Å². The first kappa shape index (κ1) is 19.2. The molecule has 2 aromatic heterocycles. The van der Waals surface area contributed by atoms with Crippen LogP contribution in [0.15, 0.2) is 34.9 Å². The van der Waals surface area contributed by atoms with Gasteiger partial charge in [0.1, 0.15) is 5.69 Å². The van der Waals surface area contributed by atoms with E-state index in [0.717, 1.165) is 16.9 Å². The molecule has 0 aliphatic carbocycles. The number of nitrogens with one attached hydrogen (secondary N) is 1. The van der Waals surface area contributed by atoms with Crippen LogP contribution in [0.25, 0.3) is 23.0 Å². The van der Waals surface area contributed by atoms with Crippen molar-refractivity contribution in [1.82, 2.24) is 15.1 Å². The van der Waals surface area contributed by atoms with Gasteiger partial charge in [-0.25, -0.2) is 4.98 Å². The molecule has 3 aromatic rings. The third-order valence-electron chi connectivity index (χ3n) is 4.00. The number of carbonyl (C=O) groups excluding carboxylic acids is 1. The fourth-order valence-electron chi connectivity index (χ4n) is 2.59. The zero-order valence-electron chi connectivity index (χ0n) is 15.6. The molecule has 0 unspecified atom stereocenters. The molecular weight excluding hydrogens is 362 g/mol. The molecule has 8 heteroatoms. The van der Waals surface area contributed by atoms with Crippen LogP contribution in [0.2, 0.25) is 0 Å². The first-order valence-corrected chi connectivity index (χ1v) is 9.78. The van der Waals surface area contributed by atoms with Crippen molar-refractivity contribution >= 4 is 22.4 Å². The van der Waals surface area contributed by atoms with Gasteiger partial charge in [0, 0.05) is 10.4 Å². The van der Waals surface area contributed by atoms with Crippen LogP contribution in [0.3, 0.4) is 0 Å². The summed E-state index contributed by atoms with van der Waals surface area (Å²) in [5, 5.41) is 7.35. The second-order valence-electron chi connectivity index (χ2n) is 6.56. The van der Waals surface area contributed by atoms with Gasteiger partial charge in [-0.05, 0) is 12.3 Å². The predicted octanol–water partition coefficient (Wildman–Crippen LogP) is 4.05. The van der Waals surface area contributed by atoms with Crippen LogP contribution in [0.4, 0.5) is 5.13 Å². The summed E-state index contributed by atoms with van der Waals surface area (Å²) < 4.78 is 5.45. The van der Waals surface area contributed by atoms with E-state index >= 15 is 0 Å². The van der Waals surface area contributed by atoms with Gasteiger partial charge >= 0.3 is 0 Å². The van der Waals surface area contributed by atoms with Crippen LogP contribution in [-0.4, -0.2) is 27.1 Å². The number of hydrogen-bond acceptors (Lipinski definition) is 7. The van der Waals surface area contributed by atoms with Crippen molar-refractivity contribution in [3.63, 3.8) is 0 Å². The number of benzene rings is 1. The Bertz CT molecular complexity index is 904. The van der Waals surface area contributed by atoms with Gasteiger partial charge in [0.2, 0.25) is 11.7 Å². The molecule has 27 heavy (non-hydrogen) atoms. The van der Waals surface area contributed by atoms with Gasteiger partial charge in [-0.15, -0.1) is 11.3 Å². The van der Waals surface area contributed by atoms with E-state index in [4.69, 9.17) is 10.3 Å². The summed E-state index contributed by atoms with van der Waals surface area (Å²) >= 11 is 1.40. The summed E-state index contributed by atoms with van der Waals surface area (Å²) in [4.78, 5) is 22.2. The van der Waals surface area contributed by atoms with Crippen LogP contribution in [0, 0.1) is 0 Å². The number of nitrogens with two attached hydrogens (primary N) is 1. The van der Waals surface area contributed by atoms with Gasteiger partial charge in [0.15, 0.2) is 5.13 Å². The Kier molecular flexibility index (Phi) is 5.98. The van der Waals surface area contributed by atoms with E-state index in [0.29, 0.717) is 29.0 Å². The molecule has 7 nitrogen and oxygen atoms in total. The molecule has 1 aromatic carbocycles. The summed E-state index contributed by atoms with van der Waals surface area (Å²) in [7, 11) is 0. The largest absolute Gasteiger partial charge is 0.332 e. The Labute approximate surface area is 162 Å². The van der Waals surface area contributed by atoms with Gasteiger partial charge in [0.05, 0.1) is 6.04 Å². The highest BCUT2D eigenvalue weighted by Gasteiger charge is 2.23. The Morgan fingerprint density at radius 3 is 2.67 bits per heavy atom. The van der Waals surface area contributed by atoms with Crippen LogP contribution >= 0.6 is 11.3 Å². The maximum absolute atomic E-state index is 12.2. The van der Waals surface area contributed by atoms with E-state index in [-0.39, 0.29) is 11.8 Å². The zero-order valence-corrected chi connectivity index (χ0v) is 16.4. The molecule has 0 aliphatic rings. The minimum absolute atomic E-state index is 0.194. The Balaban J connectivity index is 1.88. The summed E-state index contributed by atoms with van der Waals surface area (Å²) in [5.74, 6) is 0.804. The molecule has 0 bridgehead atoms. The van der Waals surface area contributed by atoms with E-state index in [2.05, 4.69) is 34.3 Å². The van der Waals surface area contributed by atoms with Crippen LogP contribution in [-0.2, 0) is 4.79 Å². The molecular formula is C19H23N5O2S. The average Bonchev–Trinajstić information content (AvgIpc) is 3.29. The topological polar surface area (TPSA) is 107 Å². The lowest BCUT2D eigenvalue weighted by atomic mass is 10.1. The number of rotatable bonds is 7. The van der Waals surface area contributed by atoms with Crippen molar-refractivity contribution in [2.24, 2.45) is 5.73 Å². The molecule has 2 heterocycles. The van der Waals surface area contributed by atoms with Crippen molar-refractivity contribution in [2.75, 3.05) is 5.32 Å². The predicted molar refractivity (Wildman–Crippen MR) is 106 cm³/mol. The smallest absolute Gasteiger partial charge is 0.278 e. The van der Waals surface area contributed by atoms with Crippen molar-refractivity contribution in [3.8, 4) is 23.0 Å². The normalized spacial score (nSPS) is 12.3. The number of amides is 1. The monoisotopic (exact) mass is 385 g/mol. The molecule has 0 aliphatic heterocycles. The lowest BCUT2D eigenvalue weighted by molar-refractivity contribution is -0.117. The quantitative estimate of drug-likeness (QED) is 0.635. The number of nitrogens with zero attached hydrogens (tertiary/aromatic N) is 3. The van der Waals surface area contributed by atoms with Crippen LogP contribution in [0.5, 0.6) is 0 Å². The molecule has 0 spiro atoms. The van der Waals surface area contributed by atoms with Gasteiger partial charge in [-0.1, -0.05) is 62.7 Å². The van der Waals surface area contributed by atoms with Gasteiger partial charge in [0.25, 0.3) is 5.89 Å². The molecule has 1 amide bonds. The fraction of sp³-hybridized carbons (Fsp3) is 0.368. The first-order chi connectivity index (χ1) is 13.0. The molecule has 0 saturated heterocycles. The second kappa shape index (κ2) is 8.41. The van der Waals surface area contributed by atoms with Crippen molar-refractivity contribution < 1.29 is 9.32 Å². The Morgan fingerprint density at radius 2 is 2.00 bits per heavy atom. The standard InChI is InChI=1S/C19H23N5O2S/c1-4-8-13(20)17(25)23-19-21-14(15(27-19)11(2)3)18-22-16(24-26-18)12-9-6-5-7-10-12/h5-7,9-11,13H,4,8,20H2,1-3H3,(H,21,23,25)/t13-/m0/s1. The molecule has 3 rings (SSSR count). The fourth-order valence-corrected chi connectivity index (χ4v) is 3.56.